The van der Waals surface area contributed by atoms with Crippen LogP contribution in [0.3, 0.4) is 0 Å². The molecule has 0 saturated heterocycles. The van der Waals surface area contributed by atoms with Gasteiger partial charge in [-0.05, 0) is 31.8 Å². The van der Waals surface area contributed by atoms with E-state index in [0.717, 1.165) is 25.7 Å². The number of hydrogen-bond acceptors (Lipinski definition) is 2. The molecule has 0 aromatic heterocycles. The Morgan fingerprint density at radius 3 is 2.18 bits per heavy atom. The highest BCUT2D eigenvalue weighted by atomic mass is 79.9. The Morgan fingerprint density at radius 1 is 1.00 bits per heavy atom. The van der Waals surface area contributed by atoms with Gasteiger partial charge in [-0.2, -0.15) is 0 Å². The van der Waals surface area contributed by atoms with Crippen molar-refractivity contribution in [3.63, 3.8) is 0 Å². The Morgan fingerprint density at radius 2 is 1.59 bits per heavy atom. The second-order valence-corrected chi connectivity index (χ2v) is 5.94. The zero-order chi connectivity index (χ0) is 16.5. The van der Waals surface area contributed by atoms with Crippen molar-refractivity contribution in [2.75, 3.05) is 0 Å². The minimum atomic E-state index is -0.684. The molecule has 0 rings (SSSR count). The van der Waals surface area contributed by atoms with Gasteiger partial charge in [0.1, 0.15) is 0 Å². The summed E-state index contributed by atoms with van der Waals surface area (Å²) in [7, 11) is 0. The van der Waals surface area contributed by atoms with E-state index in [-0.39, 0.29) is 0 Å². The van der Waals surface area contributed by atoms with Crippen LogP contribution in [0.1, 0.15) is 70.6 Å². The lowest BCUT2D eigenvalue weighted by molar-refractivity contribution is -0.137. The van der Waals surface area contributed by atoms with Gasteiger partial charge in [-0.1, -0.05) is 66.6 Å². The van der Waals surface area contributed by atoms with Crippen molar-refractivity contribution in [1.29, 1.82) is 0 Å². The van der Waals surface area contributed by atoms with E-state index in [2.05, 4.69) is 27.7 Å². The molecule has 0 aromatic rings. The van der Waals surface area contributed by atoms with E-state index in [0.29, 0.717) is 12.8 Å². The van der Waals surface area contributed by atoms with Gasteiger partial charge in [-0.3, -0.25) is 4.79 Å². The molecule has 0 amide bonds. The van der Waals surface area contributed by atoms with Crippen molar-refractivity contribution in [2.45, 2.75) is 76.7 Å². The Bertz CT molecular complexity index is 357. The lowest BCUT2D eigenvalue weighted by Crippen LogP contribution is -1.98. The maximum atomic E-state index is 10.3. The summed E-state index contributed by atoms with van der Waals surface area (Å²) in [6, 6.07) is 0. The summed E-state index contributed by atoms with van der Waals surface area (Å²) < 4.78 is 0. The van der Waals surface area contributed by atoms with Crippen LogP contribution in [0, 0.1) is 0 Å². The van der Waals surface area contributed by atoms with Crippen LogP contribution in [0.2, 0.25) is 0 Å². The number of aliphatic hydroxyl groups excluding tert-OH is 1. The highest BCUT2D eigenvalue weighted by molar-refractivity contribution is 9.11. The summed E-state index contributed by atoms with van der Waals surface area (Å²) in [6.45, 7) is 0. The van der Waals surface area contributed by atoms with E-state index in [9.17, 15) is 9.90 Å². The fraction of sp³-hybridized carbons (Fsp3) is 0.667. The molecule has 0 radical (unpaired) electrons. The third-order valence-electron chi connectivity index (χ3n) is 3.41. The predicted molar refractivity (Wildman–Crippen MR) is 95.1 cm³/mol. The van der Waals surface area contributed by atoms with Gasteiger partial charge < -0.3 is 10.2 Å². The van der Waals surface area contributed by atoms with Crippen LogP contribution in [0.15, 0.2) is 28.9 Å². The van der Waals surface area contributed by atoms with Crippen molar-refractivity contribution in [2.24, 2.45) is 0 Å². The fourth-order valence-corrected chi connectivity index (χ4v) is 2.32. The molecule has 3 nitrogen and oxygen atoms in total. The number of carboxylic acid groups (broad SMARTS) is 1. The number of halogens is 1. The van der Waals surface area contributed by atoms with Crippen LogP contribution in [-0.2, 0) is 4.79 Å². The second kappa shape index (κ2) is 16.5. The fourth-order valence-electron chi connectivity index (χ4n) is 2.17. The Labute approximate surface area is 142 Å². The first-order valence-electron chi connectivity index (χ1n) is 8.23. The normalized spacial score (nSPS) is 12.1. The molecule has 0 aromatic carbocycles. The van der Waals surface area contributed by atoms with E-state index in [1.54, 1.807) is 11.1 Å². The number of hydrogen-bond donors (Lipinski definition) is 2. The summed E-state index contributed by atoms with van der Waals surface area (Å²) in [4.78, 5) is 11.9. The lowest BCUT2D eigenvalue weighted by atomic mass is 10.1. The van der Waals surface area contributed by atoms with Crippen LogP contribution in [-0.4, -0.2) is 22.3 Å². The largest absolute Gasteiger partial charge is 0.481 e. The molecule has 0 aliphatic rings. The molecule has 1 unspecified atom stereocenters. The summed E-state index contributed by atoms with van der Waals surface area (Å²) in [5.41, 5.74) is 2.80. The van der Waals surface area contributed by atoms with Gasteiger partial charge >= 0.3 is 5.97 Å². The van der Waals surface area contributed by atoms with E-state index >= 15 is 0 Å². The van der Waals surface area contributed by atoms with E-state index in [1.807, 2.05) is 6.08 Å². The average molecular weight is 373 g/mol. The smallest absolute Gasteiger partial charge is 0.303 e. The number of carboxylic acids is 1. The zero-order valence-corrected chi connectivity index (χ0v) is 14.9. The zero-order valence-electron chi connectivity index (χ0n) is 13.3. The molecule has 4 heteroatoms. The summed E-state index contributed by atoms with van der Waals surface area (Å²) in [5.74, 6) is -0.684. The molecule has 0 saturated carbocycles. The number of aliphatic hydroxyl groups is 1. The predicted octanol–water partition coefficient (Wildman–Crippen LogP) is 5.34. The van der Waals surface area contributed by atoms with Gasteiger partial charge in [0.25, 0.3) is 0 Å². The minimum Gasteiger partial charge on any atom is -0.481 e. The molecular formula is C18H29BrO3. The Hall–Kier alpha value is -0.830. The van der Waals surface area contributed by atoms with Gasteiger partial charge in [0.2, 0.25) is 0 Å². The van der Waals surface area contributed by atoms with Crippen LogP contribution < -0.4 is 0 Å². The standard InChI is InChI=1S/C18H29BrO3/c19-16-12-14-17(20)13-10-8-6-4-2-1-3-5-7-9-11-15-18(21)22/h8,10,14,16-17,20H,1-7,9,11,13,15H2,(H,21,22). The third-order valence-corrected chi connectivity index (χ3v) is 3.67. The number of aliphatic carboxylic acids is 1. The van der Waals surface area contributed by atoms with Gasteiger partial charge in [0, 0.05) is 11.4 Å². The number of allylic oxidation sites excluding steroid dienone is 1. The second-order valence-electron chi connectivity index (χ2n) is 5.48. The molecular weight excluding hydrogens is 344 g/mol. The highest BCUT2D eigenvalue weighted by Crippen LogP contribution is 2.11. The Balaban J connectivity index is 3.26. The van der Waals surface area contributed by atoms with Gasteiger partial charge in [0.05, 0.1) is 6.10 Å². The minimum absolute atomic E-state index is 0.309. The van der Waals surface area contributed by atoms with Gasteiger partial charge in [0.15, 0.2) is 0 Å². The van der Waals surface area contributed by atoms with Crippen molar-refractivity contribution >= 4 is 21.9 Å². The molecule has 1 atom stereocenters. The molecule has 0 spiro atoms. The van der Waals surface area contributed by atoms with Crippen LogP contribution in [0.5, 0.6) is 0 Å². The monoisotopic (exact) mass is 372 g/mol. The molecule has 2 N–H and O–H groups in total. The van der Waals surface area contributed by atoms with E-state index < -0.39 is 12.1 Å². The van der Waals surface area contributed by atoms with Crippen LogP contribution in [0.4, 0.5) is 0 Å². The summed E-state index contributed by atoms with van der Waals surface area (Å²) >= 11 is 3.10. The van der Waals surface area contributed by atoms with Crippen molar-refractivity contribution in [3.8, 4) is 0 Å². The van der Waals surface area contributed by atoms with E-state index in [4.69, 9.17) is 5.11 Å². The summed E-state index contributed by atoms with van der Waals surface area (Å²) in [6.07, 6.45) is 16.5. The first-order valence-corrected chi connectivity index (χ1v) is 9.14. The average Bonchev–Trinajstić information content (AvgIpc) is 2.49. The molecule has 0 fully saturated rings. The number of carbonyl (C=O) groups is 1. The molecule has 22 heavy (non-hydrogen) atoms. The molecule has 0 aliphatic heterocycles. The SMILES string of the molecule is O=C(O)CCCCCCCCCCC=CCC(O)C=C=CBr. The molecule has 0 aliphatic carbocycles. The number of unbranched alkanes of at least 4 members (excludes halogenated alkanes) is 8. The highest BCUT2D eigenvalue weighted by Gasteiger charge is 1.96. The lowest BCUT2D eigenvalue weighted by Gasteiger charge is -2.01. The van der Waals surface area contributed by atoms with Crippen LogP contribution in [0.25, 0.3) is 0 Å². The van der Waals surface area contributed by atoms with E-state index in [1.165, 1.54) is 32.1 Å². The summed E-state index contributed by atoms with van der Waals surface area (Å²) in [5, 5.41) is 18.0. The maximum Gasteiger partial charge on any atom is 0.303 e. The third kappa shape index (κ3) is 17.2. The topological polar surface area (TPSA) is 57.5 Å². The first-order chi connectivity index (χ1) is 10.7. The number of rotatable bonds is 14. The molecule has 0 bridgehead atoms. The van der Waals surface area contributed by atoms with Crippen molar-refractivity contribution in [1.82, 2.24) is 0 Å². The quantitative estimate of drug-likeness (QED) is 0.245. The Kier molecular flexibility index (Phi) is 15.9. The van der Waals surface area contributed by atoms with Crippen molar-refractivity contribution < 1.29 is 15.0 Å². The first kappa shape index (κ1) is 21.2. The van der Waals surface area contributed by atoms with Crippen molar-refractivity contribution in [3.05, 3.63) is 28.9 Å². The van der Waals surface area contributed by atoms with Crippen LogP contribution >= 0.6 is 15.9 Å². The van der Waals surface area contributed by atoms with Gasteiger partial charge in [-0.15, -0.1) is 5.73 Å². The maximum absolute atomic E-state index is 10.3. The van der Waals surface area contributed by atoms with Gasteiger partial charge in [-0.25, -0.2) is 0 Å². The molecule has 0 heterocycles. The molecule has 126 valence electrons.